The number of unbranched alkanes of at least 4 members (excludes halogenated alkanes) is 24. The van der Waals surface area contributed by atoms with Gasteiger partial charge in [0.05, 0.1) is 0 Å². The number of rotatable bonds is 43. The van der Waals surface area contributed by atoms with Gasteiger partial charge in [0.1, 0.15) is 13.2 Å². The highest BCUT2D eigenvalue weighted by molar-refractivity contribution is 5.71. The molecule has 0 aliphatic carbocycles. The van der Waals surface area contributed by atoms with Crippen molar-refractivity contribution in [3.63, 3.8) is 0 Å². The highest BCUT2D eigenvalue weighted by Gasteiger charge is 2.19. The standard InChI is InChI=1S/C51H90O6/c1-4-7-10-13-15-17-19-21-22-23-24-25-26-27-28-30-31-33-35-38-41-44-50(53)56-47-48(46-55-49(52)43-40-37-12-9-6-3)57-51(54)45-42-39-36-34-32-29-20-18-16-14-11-8-5-2/h18-21,23-24,26-27,48H,4-17,22,25,28-47H2,1-3H3/b20-18-,21-19-,24-23-,27-26-. The molecular formula is C51H90O6. The summed E-state index contributed by atoms with van der Waals surface area (Å²) in [5.41, 5.74) is 0. The average molecular weight is 799 g/mol. The van der Waals surface area contributed by atoms with Gasteiger partial charge in [-0.15, -0.1) is 0 Å². The van der Waals surface area contributed by atoms with Crippen LogP contribution in [0.25, 0.3) is 0 Å². The lowest BCUT2D eigenvalue weighted by Crippen LogP contribution is -2.30. The molecule has 0 N–H and O–H groups in total. The van der Waals surface area contributed by atoms with Crippen molar-refractivity contribution < 1.29 is 28.6 Å². The Morgan fingerprint density at radius 2 is 0.632 bits per heavy atom. The second-order valence-corrected chi connectivity index (χ2v) is 16.0. The van der Waals surface area contributed by atoms with Crippen molar-refractivity contribution in [2.24, 2.45) is 0 Å². The molecule has 0 heterocycles. The largest absolute Gasteiger partial charge is 0.462 e. The van der Waals surface area contributed by atoms with Crippen LogP contribution in [0.1, 0.15) is 239 Å². The minimum Gasteiger partial charge on any atom is -0.462 e. The number of carbonyl (C=O) groups excluding carboxylic acids is 3. The zero-order valence-electron chi connectivity index (χ0n) is 37.6. The molecule has 1 atom stereocenters. The lowest BCUT2D eigenvalue weighted by atomic mass is 10.1. The van der Waals surface area contributed by atoms with Gasteiger partial charge in [0.2, 0.25) is 0 Å². The van der Waals surface area contributed by atoms with Crippen molar-refractivity contribution in [3.8, 4) is 0 Å². The molecule has 0 aliphatic rings. The molecule has 6 heteroatoms. The van der Waals surface area contributed by atoms with Crippen LogP contribution in [0.2, 0.25) is 0 Å². The lowest BCUT2D eigenvalue weighted by Gasteiger charge is -2.18. The molecule has 0 saturated carbocycles. The zero-order chi connectivity index (χ0) is 41.5. The number of hydrogen-bond acceptors (Lipinski definition) is 6. The predicted molar refractivity (Wildman–Crippen MR) is 242 cm³/mol. The molecule has 0 aromatic carbocycles. The first kappa shape index (κ1) is 54.4. The normalized spacial score (nSPS) is 12.4. The summed E-state index contributed by atoms with van der Waals surface area (Å²) >= 11 is 0. The Labute approximate surface area is 352 Å². The summed E-state index contributed by atoms with van der Waals surface area (Å²) in [6, 6.07) is 0. The van der Waals surface area contributed by atoms with Gasteiger partial charge in [-0.05, 0) is 83.5 Å². The number of esters is 3. The molecule has 0 aromatic rings. The van der Waals surface area contributed by atoms with Gasteiger partial charge in [-0.2, -0.15) is 0 Å². The van der Waals surface area contributed by atoms with E-state index in [0.29, 0.717) is 19.3 Å². The summed E-state index contributed by atoms with van der Waals surface area (Å²) in [6.45, 7) is 6.50. The van der Waals surface area contributed by atoms with Crippen LogP contribution in [0.15, 0.2) is 48.6 Å². The smallest absolute Gasteiger partial charge is 0.306 e. The third kappa shape index (κ3) is 44.3. The molecule has 0 spiro atoms. The lowest BCUT2D eigenvalue weighted by molar-refractivity contribution is -0.167. The predicted octanol–water partition coefficient (Wildman–Crippen LogP) is 15.5. The van der Waals surface area contributed by atoms with Crippen LogP contribution in [0.3, 0.4) is 0 Å². The Balaban J connectivity index is 4.20. The van der Waals surface area contributed by atoms with Crippen LogP contribution >= 0.6 is 0 Å². The summed E-state index contributed by atoms with van der Waals surface area (Å²) in [6.07, 6.45) is 54.1. The van der Waals surface area contributed by atoms with E-state index in [1.807, 2.05) is 0 Å². The van der Waals surface area contributed by atoms with E-state index in [1.165, 1.54) is 103 Å². The Morgan fingerprint density at radius 3 is 1.02 bits per heavy atom. The quantitative estimate of drug-likeness (QED) is 0.0265. The molecule has 0 aromatic heterocycles. The average Bonchev–Trinajstić information content (AvgIpc) is 3.21. The molecule has 0 aliphatic heterocycles. The van der Waals surface area contributed by atoms with Crippen LogP contribution in [-0.2, 0) is 28.6 Å². The third-order valence-corrected chi connectivity index (χ3v) is 10.3. The van der Waals surface area contributed by atoms with Gasteiger partial charge in [-0.25, -0.2) is 0 Å². The number of carbonyl (C=O) groups is 3. The summed E-state index contributed by atoms with van der Waals surface area (Å²) in [5, 5.41) is 0. The first-order chi connectivity index (χ1) is 28.0. The van der Waals surface area contributed by atoms with Gasteiger partial charge in [-0.1, -0.05) is 185 Å². The fourth-order valence-corrected chi connectivity index (χ4v) is 6.62. The molecule has 330 valence electrons. The summed E-state index contributed by atoms with van der Waals surface area (Å²) in [4.78, 5) is 37.5. The fourth-order valence-electron chi connectivity index (χ4n) is 6.62. The van der Waals surface area contributed by atoms with E-state index in [-0.39, 0.29) is 31.1 Å². The molecule has 0 rings (SSSR count). The van der Waals surface area contributed by atoms with E-state index in [1.54, 1.807) is 0 Å². The Kier molecular flexibility index (Phi) is 43.9. The minimum atomic E-state index is -0.777. The van der Waals surface area contributed by atoms with Gasteiger partial charge >= 0.3 is 17.9 Å². The van der Waals surface area contributed by atoms with E-state index in [9.17, 15) is 14.4 Å². The van der Waals surface area contributed by atoms with Gasteiger partial charge in [0.15, 0.2) is 6.10 Å². The van der Waals surface area contributed by atoms with Crippen molar-refractivity contribution in [3.05, 3.63) is 48.6 Å². The van der Waals surface area contributed by atoms with E-state index in [0.717, 1.165) is 96.3 Å². The third-order valence-electron chi connectivity index (χ3n) is 10.3. The molecule has 0 radical (unpaired) electrons. The second-order valence-electron chi connectivity index (χ2n) is 16.0. The zero-order valence-corrected chi connectivity index (χ0v) is 37.6. The molecule has 0 bridgehead atoms. The van der Waals surface area contributed by atoms with Crippen LogP contribution < -0.4 is 0 Å². The van der Waals surface area contributed by atoms with Crippen molar-refractivity contribution in [2.45, 2.75) is 245 Å². The highest BCUT2D eigenvalue weighted by Crippen LogP contribution is 2.13. The Morgan fingerprint density at radius 1 is 0.351 bits per heavy atom. The van der Waals surface area contributed by atoms with E-state index in [4.69, 9.17) is 14.2 Å². The van der Waals surface area contributed by atoms with E-state index >= 15 is 0 Å². The van der Waals surface area contributed by atoms with Gasteiger partial charge < -0.3 is 14.2 Å². The molecule has 6 nitrogen and oxygen atoms in total. The van der Waals surface area contributed by atoms with Crippen LogP contribution in [0.4, 0.5) is 0 Å². The first-order valence-electron chi connectivity index (χ1n) is 24.1. The number of allylic oxidation sites excluding steroid dienone is 8. The molecule has 1 unspecified atom stereocenters. The van der Waals surface area contributed by atoms with Crippen molar-refractivity contribution in [2.75, 3.05) is 13.2 Å². The van der Waals surface area contributed by atoms with Gasteiger partial charge in [0, 0.05) is 19.3 Å². The topological polar surface area (TPSA) is 78.9 Å². The highest BCUT2D eigenvalue weighted by atomic mass is 16.6. The SMILES string of the molecule is CCCCCC/C=C\CCCCCCCC(=O)OC(COC(=O)CCCCCCC)COC(=O)CCCCCCCC/C=C\C/C=C\C/C=C\CCCCCCC. The van der Waals surface area contributed by atoms with Crippen LogP contribution in [0.5, 0.6) is 0 Å². The molecule has 57 heavy (non-hydrogen) atoms. The van der Waals surface area contributed by atoms with E-state index < -0.39 is 6.10 Å². The van der Waals surface area contributed by atoms with E-state index in [2.05, 4.69) is 69.4 Å². The van der Waals surface area contributed by atoms with Crippen molar-refractivity contribution in [1.29, 1.82) is 0 Å². The first-order valence-corrected chi connectivity index (χ1v) is 24.1. The monoisotopic (exact) mass is 799 g/mol. The fraction of sp³-hybridized carbons (Fsp3) is 0.784. The second kappa shape index (κ2) is 46.1. The van der Waals surface area contributed by atoms with Gasteiger partial charge in [0.25, 0.3) is 0 Å². The maximum Gasteiger partial charge on any atom is 0.306 e. The summed E-state index contributed by atoms with van der Waals surface area (Å²) in [5.74, 6) is -0.916. The Hall–Kier alpha value is -2.63. The summed E-state index contributed by atoms with van der Waals surface area (Å²) in [7, 11) is 0. The van der Waals surface area contributed by atoms with Crippen LogP contribution in [-0.4, -0.2) is 37.2 Å². The molecule has 0 saturated heterocycles. The van der Waals surface area contributed by atoms with Crippen molar-refractivity contribution >= 4 is 17.9 Å². The molecule has 0 fully saturated rings. The number of ether oxygens (including phenoxy) is 3. The maximum atomic E-state index is 12.7. The van der Waals surface area contributed by atoms with Crippen LogP contribution in [0, 0.1) is 0 Å². The number of hydrogen-bond donors (Lipinski definition) is 0. The maximum absolute atomic E-state index is 12.7. The molecular weight excluding hydrogens is 709 g/mol. The molecule has 0 amide bonds. The summed E-state index contributed by atoms with van der Waals surface area (Å²) < 4.78 is 16.6. The van der Waals surface area contributed by atoms with Crippen molar-refractivity contribution in [1.82, 2.24) is 0 Å². The Bertz CT molecular complexity index is 1010. The van der Waals surface area contributed by atoms with Gasteiger partial charge in [-0.3, -0.25) is 14.4 Å². The minimum absolute atomic E-state index is 0.0816.